The number of rotatable bonds is 8. The van der Waals surface area contributed by atoms with Crippen molar-refractivity contribution < 1.29 is 23.7 Å². The summed E-state index contributed by atoms with van der Waals surface area (Å²) in [5.41, 5.74) is 3.34. The monoisotopic (exact) mass is 369 g/mol. The van der Waals surface area contributed by atoms with E-state index in [2.05, 4.69) is 10.5 Å². The quantitative estimate of drug-likeness (QED) is 0.565. The summed E-state index contributed by atoms with van der Waals surface area (Å²) in [7, 11) is 4.53. The summed E-state index contributed by atoms with van der Waals surface area (Å²) in [4.78, 5) is 11.9. The number of carbonyl (C=O) groups is 1. The maximum Gasteiger partial charge on any atom is 0.277 e. The lowest BCUT2D eigenvalue weighted by Crippen LogP contribution is -2.24. The molecule has 0 bridgehead atoms. The SMILES string of the molecule is COc1cc(/C=N\NC(=O)COc2ccccc2C#N)cc(OC)c1OC. The molecule has 1 amide bonds. The molecule has 2 rings (SSSR count). The van der Waals surface area contributed by atoms with E-state index >= 15 is 0 Å². The average molecular weight is 369 g/mol. The van der Waals surface area contributed by atoms with Gasteiger partial charge in [0.15, 0.2) is 18.1 Å². The van der Waals surface area contributed by atoms with E-state index in [0.717, 1.165) is 0 Å². The van der Waals surface area contributed by atoms with Crippen molar-refractivity contribution in [3.63, 3.8) is 0 Å². The second-order valence-corrected chi connectivity index (χ2v) is 5.15. The van der Waals surface area contributed by atoms with E-state index in [0.29, 0.717) is 34.1 Å². The first-order valence-corrected chi connectivity index (χ1v) is 7.86. The van der Waals surface area contributed by atoms with E-state index in [4.69, 9.17) is 24.2 Å². The number of nitriles is 1. The molecule has 2 aromatic carbocycles. The van der Waals surface area contributed by atoms with Gasteiger partial charge in [-0.05, 0) is 24.3 Å². The number of para-hydroxylation sites is 1. The zero-order valence-electron chi connectivity index (χ0n) is 15.2. The normalized spacial score (nSPS) is 10.1. The number of carbonyl (C=O) groups excluding carboxylic acids is 1. The molecule has 0 fully saturated rings. The highest BCUT2D eigenvalue weighted by Crippen LogP contribution is 2.37. The number of nitrogens with zero attached hydrogens (tertiary/aromatic N) is 2. The van der Waals surface area contributed by atoms with Crippen molar-refractivity contribution in [3.8, 4) is 29.1 Å². The summed E-state index contributed by atoms with van der Waals surface area (Å²) >= 11 is 0. The molecule has 0 spiro atoms. The molecule has 0 heterocycles. The van der Waals surface area contributed by atoms with E-state index in [1.165, 1.54) is 27.5 Å². The van der Waals surface area contributed by atoms with Crippen molar-refractivity contribution in [2.75, 3.05) is 27.9 Å². The van der Waals surface area contributed by atoms with Gasteiger partial charge in [-0.25, -0.2) is 5.43 Å². The Morgan fingerprint density at radius 2 is 1.78 bits per heavy atom. The first-order chi connectivity index (χ1) is 13.1. The van der Waals surface area contributed by atoms with Crippen LogP contribution in [0.2, 0.25) is 0 Å². The molecule has 8 heteroatoms. The van der Waals surface area contributed by atoms with Gasteiger partial charge in [0, 0.05) is 5.56 Å². The number of methoxy groups -OCH3 is 3. The molecule has 2 aromatic rings. The van der Waals surface area contributed by atoms with Crippen LogP contribution in [0.4, 0.5) is 0 Å². The Kier molecular flexibility index (Phi) is 7.02. The minimum atomic E-state index is -0.466. The topological polar surface area (TPSA) is 102 Å². The molecule has 140 valence electrons. The second-order valence-electron chi connectivity index (χ2n) is 5.15. The number of hydrogen-bond donors (Lipinski definition) is 1. The van der Waals surface area contributed by atoms with Crippen LogP contribution in [0.1, 0.15) is 11.1 Å². The van der Waals surface area contributed by atoms with Crippen LogP contribution in [0, 0.1) is 11.3 Å². The zero-order valence-corrected chi connectivity index (χ0v) is 15.2. The maximum atomic E-state index is 11.9. The molecule has 0 radical (unpaired) electrons. The Hall–Kier alpha value is -3.73. The summed E-state index contributed by atoms with van der Waals surface area (Å²) in [6, 6.07) is 12.0. The molecule has 0 aliphatic rings. The van der Waals surface area contributed by atoms with E-state index in [-0.39, 0.29) is 6.61 Å². The number of amides is 1. The molecule has 0 unspecified atom stereocenters. The first-order valence-electron chi connectivity index (χ1n) is 7.86. The highest BCUT2D eigenvalue weighted by molar-refractivity contribution is 5.84. The first kappa shape index (κ1) is 19.6. The van der Waals surface area contributed by atoms with Crippen molar-refractivity contribution in [1.29, 1.82) is 5.26 Å². The van der Waals surface area contributed by atoms with Gasteiger partial charge in [-0.2, -0.15) is 10.4 Å². The fourth-order valence-electron chi connectivity index (χ4n) is 2.22. The van der Waals surface area contributed by atoms with Crippen LogP contribution in [0.25, 0.3) is 0 Å². The number of benzene rings is 2. The molecule has 0 saturated carbocycles. The Morgan fingerprint density at radius 3 is 2.37 bits per heavy atom. The molecule has 0 saturated heterocycles. The van der Waals surface area contributed by atoms with Crippen LogP contribution in [-0.2, 0) is 4.79 Å². The Bertz CT molecular complexity index is 849. The summed E-state index contributed by atoms with van der Waals surface area (Å²) in [5.74, 6) is 1.28. The number of ether oxygens (including phenoxy) is 4. The summed E-state index contributed by atoms with van der Waals surface area (Å²) in [5, 5.41) is 12.9. The molecule has 8 nitrogen and oxygen atoms in total. The van der Waals surface area contributed by atoms with Crippen LogP contribution < -0.4 is 24.4 Å². The molecule has 0 aromatic heterocycles. The van der Waals surface area contributed by atoms with Crippen molar-refractivity contribution in [3.05, 3.63) is 47.5 Å². The van der Waals surface area contributed by atoms with E-state index in [9.17, 15) is 4.79 Å². The van der Waals surface area contributed by atoms with Crippen molar-refractivity contribution in [1.82, 2.24) is 5.43 Å². The van der Waals surface area contributed by atoms with Crippen molar-refractivity contribution in [2.45, 2.75) is 0 Å². The lowest BCUT2D eigenvalue weighted by molar-refractivity contribution is -0.123. The van der Waals surface area contributed by atoms with Crippen molar-refractivity contribution >= 4 is 12.1 Å². The summed E-state index contributed by atoms with van der Waals surface area (Å²) in [6.07, 6.45) is 1.44. The average Bonchev–Trinajstić information content (AvgIpc) is 2.71. The number of nitrogens with one attached hydrogen (secondary N) is 1. The Labute approximate surface area is 156 Å². The van der Waals surface area contributed by atoms with E-state index in [1.807, 2.05) is 6.07 Å². The van der Waals surface area contributed by atoms with Gasteiger partial charge in [0.2, 0.25) is 5.75 Å². The predicted octanol–water partition coefficient (Wildman–Crippen LogP) is 2.11. The van der Waals surface area contributed by atoms with Crippen LogP contribution in [0.3, 0.4) is 0 Å². The highest BCUT2D eigenvalue weighted by Gasteiger charge is 2.12. The third kappa shape index (κ3) is 5.12. The van der Waals surface area contributed by atoms with E-state index in [1.54, 1.807) is 36.4 Å². The summed E-state index contributed by atoms with van der Waals surface area (Å²) < 4.78 is 21.1. The molecule has 27 heavy (non-hydrogen) atoms. The van der Waals surface area contributed by atoms with Gasteiger partial charge in [-0.1, -0.05) is 12.1 Å². The van der Waals surface area contributed by atoms with Crippen LogP contribution in [-0.4, -0.2) is 40.1 Å². The van der Waals surface area contributed by atoms with Crippen molar-refractivity contribution in [2.24, 2.45) is 5.10 Å². The second kappa shape index (κ2) is 9.68. The van der Waals surface area contributed by atoms with E-state index < -0.39 is 5.91 Å². The van der Waals surface area contributed by atoms with Gasteiger partial charge in [0.05, 0.1) is 33.1 Å². The van der Waals surface area contributed by atoms with Crippen LogP contribution in [0.15, 0.2) is 41.5 Å². The molecule has 1 N–H and O–H groups in total. The molecule has 0 atom stereocenters. The predicted molar refractivity (Wildman–Crippen MR) is 98.5 cm³/mol. The Balaban J connectivity index is 1.98. The molecule has 0 aliphatic carbocycles. The Morgan fingerprint density at radius 1 is 1.11 bits per heavy atom. The minimum Gasteiger partial charge on any atom is -0.493 e. The van der Waals surface area contributed by atoms with Gasteiger partial charge in [0.25, 0.3) is 5.91 Å². The maximum absolute atomic E-state index is 11.9. The largest absolute Gasteiger partial charge is 0.493 e. The van der Waals surface area contributed by atoms with Gasteiger partial charge in [0.1, 0.15) is 11.8 Å². The third-order valence-corrected chi connectivity index (χ3v) is 3.46. The highest BCUT2D eigenvalue weighted by atomic mass is 16.5. The zero-order chi connectivity index (χ0) is 19.6. The standard InChI is InChI=1S/C19H19N3O5/c1-24-16-8-13(9-17(25-2)19(16)26-3)11-21-22-18(23)12-27-15-7-5-4-6-14(15)10-20/h4-9,11H,12H2,1-3H3,(H,22,23)/b21-11-. The van der Waals surface area contributed by atoms with Gasteiger partial charge in [-0.15, -0.1) is 0 Å². The van der Waals surface area contributed by atoms with Crippen LogP contribution in [0.5, 0.6) is 23.0 Å². The molecule has 0 aliphatic heterocycles. The fourth-order valence-corrected chi connectivity index (χ4v) is 2.22. The minimum absolute atomic E-state index is 0.273. The van der Waals surface area contributed by atoms with Gasteiger partial charge >= 0.3 is 0 Å². The number of hydrazone groups is 1. The number of hydrogen-bond acceptors (Lipinski definition) is 7. The third-order valence-electron chi connectivity index (χ3n) is 3.46. The molecular weight excluding hydrogens is 350 g/mol. The fraction of sp³-hybridized carbons (Fsp3) is 0.211. The molecular formula is C19H19N3O5. The summed E-state index contributed by atoms with van der Waals surface area (Å²) in [6.45, 7) is -0.273. The van der Waals surface area contributed by atoms with Crippen LogP contribution >= 0.6 is 0 Å². The lowest BCUT2D eigenvalue weighted by atomic mass is 10.2. The smallest absolute Gasteiger partial charge is 0.277 e. The van der Waals surface area contributed by atoms with Gasteiger partial charge in [-0.3, -0.25) is 4.79 Å². The lowest BCUT2D eigenvalue weighted by Gasteiger charge is -2.12. The van der Waals surface area contributed by atoms with Gasteiger partial charge < -0.3 is 18.9 Å².